The normalized spacial score (nSPS) is 11.3. The SMILES string of the molecule is Cc1ccc(S(=O)(=O)NCc2cc(=O)c(OCc3ccccc3)c(C(=O)O)n2C)cc1. The lowest BCUT2D eigenvalue weighted by Crippen LogP contribution is -2.28. The zero-order valence-electron chi connectivity index (χ0n) is 17.0. The lowest BCUT2D eigenvalue weighted by molar-refractivity contribution is 0.0678. The Bertz CT molecular complexity index is 1250. The number of hydrogen-bond donors (Lipinski definition) is 2. The quantitative estimate of drug-likeness (QED) is 0.554. The summed E-state index contributed by atoms with van der Waals surface area (Å²) in [6.07, 6.45) is 0. The molecule has 2 N–H and O–H groups in total. The number of aromatic carboxylic acids is 1. The number of nitrogens with one attached hydrogen (secondary N) is 1. The predicted molar refractivity (Wildman–Crippen MR) is 115 cm³/mol. The van der Waals surface area contributed by atoms with Crippen LogP contribution in [-0.4, -0.2) is 24.1 Å². The van der Waals surface area contributed by atoms with E-state index in [0.717, 1.165) is 11.1 Å². The summed E-state index contributed by atoms with van der Waals surface area (Å²) < 4.78 is 34.2. The van der Waals surface area contributed by atoms with Gasteiger partial charge in [0.15, 0.2) is 11.4 Å². The summed E-state index contributed by atoms with van der Waals surface area (Å²) in [7, 11) is -2.40. The van der Waals surface area contributed by atoms with E-state index in [1.165, 1.54) is 29.8 Å². The third-order valence-corrected chi connectivity index (χ3v) is 6.12. The first kappa shape index (κ1) is 22.3. The molecule has 0 aliphatic rings. The van der Waals surface area contributed by atoms with Gasteiger partial charge in [-0.3, -0.25) is 4.79 Å². The number of carbonyl (C=O) groups is 1. The summed E-state index contributed by atoms with van der Waals surface area (Å²) in [5.41, 5.74) is 0.878. The number of benzene rings is 2. The number of rotatable bonds is 8. The Labute approximate surface area is 179 Å². The van der Waals surface area contributed by atoms with Gasteiger partial charge in [-0.05, 0) is 24.6 Å². The minimum atomic E-state index is -3.84. The molecule has 162 valence electrons. The molecule has 0 atom stereocenters. The highest BCUT2D eigenvalue weighted by atomic mass is 32.2. The first-order valence-electron chi connectivity index (χ1n) is 9.38. The van der Waals surface area contributed by atoms with Crippen LogP contribution in [0.4, 0.5) is 0 Å². The van der Waals surface area contributed by atoms with E-state index in [4.69, 9.17) is 4.74 Å². The summed E-state index contributed by atoms with van der Waals surface area (Å²) in [4.78, 5) is 24.5. The van der Waals surface area contributed by atoms with Gasteiger partial charge in [0.05, 0.1) is 11.4 Å². The number of ether oxygens (including phenoxy) is 1. The van der Waals surface area contributed by atoms with Crippen molar-refractivity contribution in [3.63, 3.8) is 0 Å². The Morgan fingerprint density at radius 1 is 1.10 bits per heavy atom. The number of hydrogen-bond acceptors (Lipinski definition) is 5. The van der Waals surface area contributed by atoms with E-state index in [1.807, 2.05) is 13.0 Å². The zero-order chi connectivity index (χ0) is 22.6. The van der Waals surface area contributed by atoms with Crippen LogP contribution in [0.5, 0.6) is 5.75 Å². The zero-order valence-corrected chi connectivity index (χ0v) is 17.8. The average molecular weight is 442 g/mol. The van der Waals surface area contributed by atoms with E-state index in [0.29, 0.717) is 0 Å². The van der Waals surface area contributed by atoms with Crippen molar-refractivity contribution in [1.82, 2.24) is 9.29 Å². The Hall–Kier alpha value is -3.43. The molecular weight excluding hydrogens is 420 g/mol. The van der Waals surface area contributed by atoms with E-state index in [2.05, 4.69) is 4.72 Å². The second kappa shape index (κ2) is 9.15. The first-order valence-corrected chi connectivity index (χ1v) is 10.9. The molecule has 3 aromatic rings. The Kier molecular flexibility index (Phi) is 6.57. The number of aryl methyl sites for hydroxylation is 1. The molecule has 1 heterocycles. The molecule has 0 spiro atoms. The van der Waals surface area contributed by atoms with Gasteiger partial charge in [0.1, 0.15) is 6.61 Å². The molecule has 0 aliphatic carbocycles. The number of carboxylic acid groups (broad SMARTS) is 1. The van der Waals surface area contributed by atoms with Crippen LogP contribution in [0.2, 0.25) is 0 Å². The van der Waals surface area contributed by atoms with Crippen LogP contribution >= 0.6 is 0 Å². The summed E-state index contributed by atoms with van der Waals surface area (Å²) in [6, 6.07) is 16.5. The van der Waals surface area contributed by atoms with Crippen molar-refractivity contribution >= 4 is 16.0 Å². The largest absolute Gasteiger partial charge is 0.482 e. The fourth-order valence-corrected chi connectivity index (χ4v) is 3.97. The minimum absolute atomic E-state index is 0.0236. The van der Waals surface area contributed by atoms with E-state index in [9.17, 15) is 23.1 Å². The van der Waals surface area contributed by atoms with Crippen LogP contribution in [0.25, 0.3) is 0 Å². The van der Waals surface area contributed by atoms with E-state index in [1.54, 1.807) is 36.4 Å². The van der Waals surface area contributed by atoms with Crippen LogP contribution in [0.3, 0.4) is 0 Å². The molecule has 0 fully saturated rings. The number of pyridine rings is 1. The maximum Gasteiger partial charge on any atom is 0.356 e. The predicted octanol–water partition coefficient (Wildman–Crippen LogP) is 2.45. The summed E-state index contributed by atoms with van der Waals surface area (Å²) in [5.74, 6) is -1.66. The fraction of sp³-hybridized carbons (Fsp3) is 0.182. The van der Waals surface area contributed by atoms with E-state index < -0.39 is 21.4 Å². The standard InChI is InChI=1S/C22H22N2O6S/c1-15-8-10-18(11-9-15)31(28,29)23-13-17-12-19(25)21(20(22(26)27)24(17)2)30-14-16-6-4-3-5-7-16/h3-12,23H,13-14H2,1-2H3,(H,26,27). The van der Waals surface area contributed by atoms with Crippen LogP contribution in [0.1, 0.15) is 27.3 Å². The Morgan fingerprint density at radius 2 is 1.74 bits per heavy atom. The van der Waals surface area contributed by atoms with Gasteiger partial charge in [-0.25, -0.2) is 17.9 Å². The van der Waals surface area contributed by atoms with Gasteiger partial charge < -0.3 is 14.4 Å². The third-order valence-electron chi connectivity index (χ3n) is 4.71. The van der Waals surface area contributed by atoms with Crippen molar-refractivity contribution in [2.75, 3.05) is 0 Å². The summed E-state index contributed by atoms with van der Waals surface area (Å²) >= 11 is 0. The number of sulfonamides is 1. The highest BCUT2D eigenvalue weighted by Gasteiger charge is 2.22. The minimum Gasteiger partial charge on any atom is -0.482 e. The van der Waals surface area contributed by atoms with Crippen molar-refractivity contribution < 1.29 is 23.1 Å². The Balaban J connectivity index is 1.87. The molecule has 31 heavy (non-hydrogen) atoms. The first-order chi connectivity index (χ1) is 14.7. The fourth-order valence-electron chi connectivity index (χ4n) is 2.98. The second-order valence-corrected chi connectivity index (χ2v) is 8.72. The molecule has 0 bridgehead atoms. The number of nitrogens with zero attached hydrogens (tertiary/aromatic N) is 1. The topological polar surface area (TPSA) is 115 Å². The van der Waals surface area contributed by atoms with Crippen molar-refractivity contribution in [1.29, 1.82) is 0 Å². The molecule has 3 rings (SSSR count). The van der Waals surface area contributed by atoms with Gasteiger partial charge in [0, 0.05) is 18.8 Å². The number of aromatic nitrogens is 1. The van der Waals surface area contributed by atoms with Crippen molar-refractivity contribution in [2.24, 2.45) is 7.05 Å². The van der Waals surface area contributed by atoms with Gasteiger partial charge >= 0.3 is 5.97 Å². The highest BCUT2D eigenvalue weighted by Crippen LogP contribution is 2.18. The Morgan fingerprint density at radius 3 is 2.35 bits per heavy atom. The molecule has 0 saturated carbocycles. The van der Waals surface area contributed by atoms with Crippen LogP contribution in [0.15, 0.2) is 70.4 Å². The molecule has 0 saturated heterocycles. The van der Waals surface area contributed by atoms with Gasteiger partial charge in [-0.15, -0.1) is 0 Å². The molecule has 0 radical (unpaired) electrons. The van der Waals surface area contributed by atoms with Gasteiger partial charge in [0.25, 0.3) is 0 Å². The molecule has 0 amide bonds. The molecule has 2 aromatic carbocycles. The summed E-state index contributed by atoms with van der Waals surface area (Å²) in [5, 5.41) is 9.65. The van der Waals surface area contributed by atoms with Crippen molar-refractivity contribution in [2.45, 2.75) is 25.0 Å². The number of carboxylic acids is 1. The van der Waals surface area contributed by atoms with Gasteiger partial charge in [-0.2, -0.15) is 0 Å². The highest BCUT2D eigenvalue weighted by molar-refractivity contribution is 7.89. The van der Waals surface area contributed by atoms with E-state index in [-0.39, 0.29) is 35.2 Å². The monoisotopic (exact) mass is 442 g/mol. The van der Waals surface area contributed by atoms with Crippen LogP contribution in [0, 0.1) is 6.92 Å². The lowest BCUT2D eigenvalue weighted by Gasteiger charge is -2.16. The molecule has 1 aromatic heterocycles. The van der Waals surface area contributed by atoms with Gasteiger partial charge in [-0.1, -0.05) is 48.0 Å². The van der Waals surface area contributed by atoms with Gasteiger partial charge in [0.2, 0.25) is 15.5 Å². The molecule has 0 aliphatic heterocycles. The molecular formula is C22H22N2O6S. The molecule has 0 unspecified atom stereocenters. The molecule has 8 nitrogen and oxygen atoms in total. The second-order valence-electron chi connectivity index (χ2n) is 6.95. The lowest BCUT2D eigenvalue weighted by atomic mass is 10.2. The maximum atomic E-state index is 12.6. The average Bonchev–Trinajstić information content (AvgIpc) is 2.73. The van der Waals surface area contributed by atoms with Crippen LogP contribution in [-0.2, 0) is 30.2 Å². The summed E-state index contributed by atoms with van der Waals surface area (Å²) in [6.45, 7) is 1.60. The third kappa shape index (κ3) is 5.19. The van der Waals surface area contributed by atoms with Crippen molar-refractivity contribution in [3.05, 3.63) is 93.4 Å². The van der Waals surface area contributed by atoms with E-state index >= 15 is 0 Å². The van der Waals surface area contributed by atoms with Crippen LogP contribution < -0.4 is 14.9 Å². The smallest absolute Gasteiger partial charge is 0.356 e. The molecule has 9 heteroatoms. The van der Waals surface area contributed by atoms with Crippen molar-refractivity contribution in [3.8, 4) is 5.75 Å². The maximum absolute atomic E-state index is 12.6.